The lowest BCUT2D eigenvalue weighted by Gasteiger charge is -2.15. The van der Waals surface area contributed by atoms with Gasteiger partial charge in [-0.3, -0.25) is 5.32 Å². The first-order chi connectivity index (χ1) is 11.2. The van der Waals surface area contributed by atoms with Crippen LogP contribution in [-0.2, 0) is 10.0 Å². The van der Waals surface area contributed by atoms with E-state index >= 15 is 0 Å². The number of methoxy groups -OCH3 is 1. The highest BCUT2D eigenvalue weighted by Gasteiger charge is 2.28. The van der Waals surface area contributed by atoms with E-state index in [-0.39, 0.29) is 27.6 Å². The van der Waals surface area contributed by atoms with Crippen LogP contribution in [0.5, 0.6) is 6.01 Å². The number of sulfonamides is 1. The third kappa shape index (κ3) is 4.24. The number of amides is 2. The summed E-state index contributed by atoms with van der Waals surface area (Å²) in [5.74, 6) is 0.119. The van der Waals surface area contributed by atoms with Gasteiger partial charge in [0.1, 0.15) is 10.7 Å². The van der Waals surface area contributed by atoms with Gasteiger partial charge < -0.3 is 4.74 Å². The highest BCUT2D eigenvalue weighted by atomic mass is 35.5. The van der Waals surface area contributed by atoms with Crippen LogP contribution in [0, 0.1) is 6.92 Å². The summed E-state index contributed by atoms with van der Waals surface area (Å²) >= 11 is 10.9. The minimum atomic E-state index is -4.19. The molecule has 1 aliphatic rings. The van der Waals surface area contributed by atoms with Crippen molar-refractivity contribution in [3.8, 4) is 6.01 Å². The minimum absolute atomic E-state index is 0.00265. The quantitative estimate of drug-likeness (QED) is 0.579. The smallest absolute Gasteiger partial charge is 0.335 e. The second kappa shape index (κ2) is 7.20. The summed E-state index contributed by atoms with van der Waals surface area (Å²) in [4.78, 5) is 23.1. The topological polar surface area (TPSA) is 123 Å². The van der Waals surface area contributed by atoms with E-state index in [1.165, 1.54) is 25.3 Å². The first kappa shape index (κ1) is 18.2. The zero-order valence-electron chi connectivity index (χ0n) is 12.5. The molecule has 0 spiro atoms. The number of aromatic nitrogens is 3. The second-order valence-electron chi connectivity index (χ2n) is 4.43. The number of alkyl halides is 1. The lowest BCUT2D eigenvalue weighted by Crippen LogP contribution is -2.38. The van der Waals surface area contributed by atoms with Crippen molar-refractivity contribution in [1.82, 2.24) is 19.7 Å². The molecule has 1 heterocycles. The van der Waals surface area contributed by atoms with Gasteiger partial charge in [-0.1, -0.05) is 24.4 Å². The van der Waals surface area contributed by atoms with Crippen molar-refractivity contribution in [2.24, 2.45) is 0 Å². The molecule has 128 valence electrons. The molecule has 12 heteroatoms. The molecule has 0 aromatic carbocycles. The first-order valence-electron chi connectivity index (χ1n) is 6.40. The molecule has 0 fully saturated rings. The Morgan fingerprint density at radius 1 is 1.38 bits per heavy atom. The van der Waals surface area contributed by atoms with Gasteiger partial charge in [0.25, 0.3) is 10.0 Å². The number of hydrogen-bond donors (Lipinski definition) is 2. The lowest BCUT2D eigenvalue weighted by atomic mass is 10.2. The van der Waals surface area contributed by atoms with Gasteiger partial charge >= 0.3 is 12.0 Å². The molecule has 9 nitrogen and oxygen atoms in total. The normalized spacial score (nSPS) is 17.2. The fraction of sp³-hybridized carbons (Fsp3) is 0.250. The van der Waals surface area contributed by atoms with Crippen LogP contribution in [0.3, 0.4) is 0 Å². The molecule has 24 heavy (non-hydrogen) atoms. The van der Waals surface area contributed by atoms with Crippen LogP contribution in [0.2, 0.25) is 0 Å². The molecule has 2 amide bonds. The van der Waals surface area contributed by atoms with Gasteiger partial charge in [0.2, 0.25) is 5.95 Å². The molecule has 1 unspecified atom stereocenters. The molecule has 1 aliphatic carbocycles. The van der Waals surface area contributed by atoms with Gasteiger partial charge in [0, 0.05) is 0 Å². The lowest BCUT2D eigenvalue weighted by molar-refractivity contribution is 0.256. The zero-order chi connectivity index (χ0) is 17.9. The monoisotopic (exact) mass is 389 g/mol. The van der Waals surface area contributed by atoms with Crippen molar-refractivity contribution in [2.45, 2.75) is 12.3 Å². The SMILES string of the molecule is COc1nc(C)nc(NC(=O)NS(=O)(=O)C2=CC=CC(Cl)C2=S)n1. The summed E-state index contributed by atoms with van der Waals surface area (Å²) in [6.07, 6.45) is 4.23. The Morgan fingerprint density at radius 3 is 2.75 bits per heavy atom. The Kier molecular flexibility index (Phi) is 5.47. The summed E-state index contributed by atoms with van der Waals surface area (Å²) in [5.41, 5.74) is 0. The van der Waals surface area contributed by atoms with E-state index in [1.807, 2.05) is 4.72 Å². The zero-order valence-corrected chi connectivity index (χ0v) is 14.9. The second-order valence-corrected chi connectivity index (χ2v) is 7.00. The van der Waals surface area contributed by atoms with E-state index < -0.39 is 21.4 Å². The Labute approximate surface area is 148 Å². The van der Waals surface area contributed by atoms with Crippen LogP contribution < -0.4 is 14.8 Å². The van der Waals surface area contributed by atoms with Gasteiger partial charge in [-0.15, -0.1) is 11.6 Å². The number of halogens is 1. The molecule has 2 rings (SSSR count). The summed E-state index contributed by atoms with van der Waals surface area (Å²) in [6.45, 7) is 1.56. The largest absolute Gasteiger partial charge is 0.467 e. The van der Waals surface area contributed by atoms with Crippen molar-refractivity contribution < 1.29 is 17.9 Å². The molecule has 0 aliphatic heterocycles. The van der Waals surface area contributed by atoms with Crippen LogP contribution >= 0.6 is 23.8 Å². The van der Waals surface area contributed by atoms with Crippen molar-refractivity contribution >= 4 is 50.7 Å². The van der Waals surface area contributed by atoms with E-state index in [9.17, 15) is 13.2 Å². The standard InChI is InChI=1S/C12H12ClN5O4S2/c1-6-14-10(17-12(15-6)22-2)16-11(19)18-24(20,21)8-5-3-4-7(13)9(8)23/h3-5,7H,1-2H3,(H2,14,15,16,17,18,19). The molecular weight excluding hydrogens is 378 g/mol. The summed E-state index contributed by atoms with van der Waals surface area (Å²) < 4.78 is 31.1. The Bertz CT molecular complexity index is 853. The number of nitrogens with one attached hydrogen (secondary N) is 2. The van der Waals surface area contributed by atoms with Crippen LogP contribution in [0.1, 0.15) is 5.82 Å². The minimum Gasteiger partial charge on any atom is -0.467 e. The number of nitrogens with zero attached hydrogens (tertiary/aromatic N) is 3. The van der Waals surface area contributed by atoms with Gasteiger partial charge in [-0.2, -0.15) is 15.0 Å². The molecule has 0 saturated heterocycles. The fourth-order valence-corrected chi connectivity index (χ4v) is 3.47. The Balaban J connectivity index is 2.15. The highest BCUT2D eigenvalue weighted by Crippen LogP contribution is 2.19. The summed E-state index contributed by atoms with van der Waals surface area (Å²) in [5, 5.41) is 1.45. The van der Waals surface area contributed by atoms with Gasteiger partial charge in [0.15, 0.2) is 0 Å². The number of ether oxygens (including phenoxy) is 1. The third-order valence-electron chi connectivity index (χ3n) is 2.67. The highest BCUT2D eigenvalue weighted by molar-refractivity contribution is 7.97. The predicted octanol–water partition coefficient (Wildman–Crippen LogP) is 1.07. The average Bonchev–Trinajstić information content (AvgIpc) is 2.48. The number of rotatable bonds is 4. The number of urea groups is 1. The van der Waals surface area contributed by atoms with Crippen LogP contribution in [0.15, 0.2) is 23.1 Å². The summed E-state index contributed by atoms with van der Waals surface area (Å²) in [7, 11) is -2.85. The molecule has 0 radical (unpaired) electrons. The number of carbonyl (C=O) groups is 1. The van der Waals surface area contributed by atoms with Crippen molar-refractivity contribution in [3.05, 3.63) is 29.0 Å². The van der Waals surface area contributed by atoms with Crippen LogP contribution in [-0.4, -0.2) is 46.8 Å². The van der Waals surface area contributed by atoms with Crippen molar-refractivity contribution in [2.75, 3.05) is 12.4 Å². The Morgan fingerprint density at radius 2 is 2.08 bits per heavy atom. The number of hydrogen-bond acceptors (Lipinski definition) is 8. The maximum absolute atomic E-state index is 12.2. The number of thiocarbonyl (C=S) groups is 1. The molecule has 0 saturated carbocycles. The summed E-state index contributed by atoms with van der Waals surface area (Å²) in [6, 6.07) is -1.08. The van der Waals surface area contributed by atoms with Gasteiger partial charge in [-0.25, -0.2) is 17.9 Å². The van der Waals surface area contributed by atoms with E-state index in [0.717, 1.165) is 0 Å². The van der Waals surface area contributed by atoms with Crippen molar-refractivity contribution in [1.29, 1.82) is 0 Å². The molecule has 1 atom stereocenters. The van der Waals surface area contributed by atoms with Gasteiger partial charge in [-0.05, 0) is 13.0 Å². The molecule has 1 aromatic heterocycles. The van der Waals surface area contributed by atoms with Crippen LogP contribution in [0.4, 0.5) is 10.7 Å². The predicted molar refractivity (Wildman–Crippen MR) is 91.7 cm³/mol. The maximum Gasteiger partial charge on any atom is 0.335 e. The van der Waals surface area contributed by atoms with Crippen molar-refractivity contribution in [3.63, 3.8) is 0 Å². The maximum atomic E-state index is 12.2. The fourth-order valence-electron chi connectivity index (χ4n) is 1.68. The van der Waals surface area contributed by atoms with Gasteiger partial charge in [0.05, 0.1) is 17.4 Å². The first-order valence-corrected chi connectivity index (χ1v) is 8.73. The molecule has 0 bridgehead atoms. The van der Waals surface area contributed by atoms with Crippen LogP contribution in [0.25, 0.3) is 0 Å². The molecule has 1 aromatic rings. The number of aryl methyl sites for hydroxylation is 1. The number of anilines is 1. The molecule has 2 N–H and O–H groups in total. The average molecular weight is 390 g/mol. The third-order valence-corrected chi connectivity index (χ3v) is 5.16. The number of allylic oxidation sites excluding steroid dienone is 4. The van der Waals surface area contributed by atoms with E-state index in [2.05, 4.69) is 20.3 Å². The van der Waals surface area contributed by atoms with E-state index in [0.29, 0.717) is 0 Å². The van der Waals surface area contributed by atoms with E-state index in [1.54, 1.807) is 6.92 Å². The Hall–Kier alpha value is -2.11. The molecular formula is C12H12ClN5O4S2. The van der Waals surface area contributed by atoms with E-state index in [4.69, 9.17) is 28.6 Å². The number of carbonyl (C=O) groups excluding carboxylic acids is 1.